The molecule has 2 N–H and O–H groups in total. The summed E-state index contributed by atoms with van der Waals surface area (Å²) in [5.41, 5.74) is 0. The Morgan fingerprint density at radius 1 is 1.35 bits per heavy atom. The predicted octanol–water partition coefficient (Wildman–Crippen LogP) is 0.276. The van der Waals surface area contributed by atoms with Crippen LogP contribution in [0, 0.1) is 0 Å². The number of piperidine rings is 1. The van der Waals surface area contributed by atoms with Crippen LogP contribution in [0.25, 0.3) is 0 Å². The van der Waals surface area contributed by atoms with Crippen molar-refractivity contribution < 1.29 is 14.7 Å². The van der Waals surface area contributed by atoms with E-state index in [0.717, 1.165) is 25.7 Å². The van der Waals surface area contributed by atoms with E-state index >= 15 is 0 Å². The highest BCUT2D eigenvalue weighted by molar-refractivity contribution is 5.77. The maximum atomic E-state index is 11.5. The molecule has 0 saturated carbocycles. The summed E-state index contributed by atoms with van der Waals surface area (Å²) in [6, 6.07) is 0.182. The zero-order valence-corrected chi connectivity index (χ0v) is 10.4. The van der Waals surface area contributed by atoms with E-state index in [1.54, 1.807) is 4.90 Å². The Hall–Kier alpha value is -1.10. The fourth-order valence-electron chi connectivity index (χ4n) is 2.01. The van der Waals surface area contributed by atoms with Gasteiger partial charge in [-0.1, -0.05) is 13.3 Å². The van der Waals surface area contributed by atoms with Crippen LogP contribution in [0.4, 0.5) is 0 Å². The lowest BCUT2D eigenvalue weighted by atomic mass is 10.0. The number of aliphatic hydroxyl groups is 1. The SMILES string of the molecule is CCCCC(=O)NC1CCN(C(=O)CO)CC1. The van der Waals surface area contributed by atoms with Crippen molar-refractivity contribution in [2.75, 3.05) is 19.7 Å². The Balaban J connectivity index is 2.23. The van der Waals surface area contributed by atoms with E-state index < -0.39 is 6.61 Å². The first kappa shape index (κ1) is 14.0. The van der Waals surface area contributed by atoms with Crippen LogP contribution in [0.1, 0.15) is 39.0 Å². The first-order valence-corrected chi connectivity index (χ1v) is 6.35. The number of aliphatic hydroxyl groups excluding tert-OH is 1. The quantitative estimate of drug-likeness (QED) is 0.727. The Kier molecular flexibility index (Phi) is 5.97. The Labute approximate surface area is 102 Å². The minimum Gasteiger partial charge on any atom is -0.387 e. The summed E-state index contributed by atoms with van der Waals surface area (Å²) in [5.74, 6) is -0.112. The van der Waals surface area contributed by atoms with Crippen LogP contribution >= 0.6 is 0 Å². The number of rotatable bonds is 5. The first-order chi connectivity index (χ1) is 8.17. The maximum absolute atomic E-state index is 11.5. The molecule has 17 heavy (non-hydrogen) atoms. The van der Waals surface area contributed by atoms with Gasteiger partial charge in [0.1, 0.15) is 6.61 Å². The fraction of sp³-hybridized carbons (Fsp3) is 0.833. The summed E-state index contributed by atoms with van der Waals surface area (Å²) in [4.78, 5) is 24.4. The number of nitrogens with zero attached hydrogens (tertiary/aromatic N) is 1. The molecule has 0 aromatic heterocycles. The van der Waals surface area contributed by atoms with Crippen LogP contribution in [0.5, 0.6) is 0 Å². The van der Waals surface area contributed by atoms with Crippen molar-refractivity contribution in [2.24, 2.45) is 0 Å². The van der Waals surface area contributed by atoms with Gasteiger partial charge in [-0.3, -0.25) is 9.59 Å². The fourth-order valence-corrected chi connectivity index (χ4v) is 2.01. The number of hydrogen-bond acceptors (Lipinski definition) is 3. The molecule has 0 spiro atoms. The lowest BCUT2D eigenvalue weighted by Crippen LogP contribution is -2.47. The van der Waals surface area contributed by atoms with Crippen LogP contribution in [-0.2, 0) is 9.59 Å². The van der Waals surface area contributed by atoms with Crippen LogP contribution in [0.15, 0.2) is 0 Å². The highest BCUT2D eigenvalue weighted by atomic mass is 16.3. The van der Waals surface area contributed by atoms with Crippen molar-refractivity contribution >= 4 is 11.8 Å². The molecule has 1 rings (SSSR count). The van der Waals surface area contributed by atoms with Crippen LogP contribution in [0.2, 0.25) is 0 Å². The summed E-state index contributed by atoms with van der Waals surface area (Å²) in [7, 11) is 0. The second-order valence-electron chi connectivity index (χ2n) is 4.48. The van der Waals surface area contributed by atoms with E-state index in [1.807, 2.05) is 0 Å². The Bertz CT molecular complexity index is 260. The molecule has 0 aromatic rings. The molecular weight excluding hydrogens is 220 g/mol. The smallest absolute Gasteiger partial charge is 0.248 e. The molecule has 0 radical (unpaired) electrons. The lowest BCUT2D eigenvalue weighted by molar-refractivity contribution is -0.135. The van der Waals surface area contributed by atoms with Gasteiger partial charge in [0.15, 0.2) is 0 Å². The van der Waals surface area contributed by atoms with Crippen molar-refractivity contribution in [3.05, 3.63) is 0 Å². The number of hydrogen-bond donors (Lipinski definition) is 2. The molecule has 5 heteroatoms. The molecule has 0 atom stereocenters. The summed E-state index contributed by atoms with van der Waals surface area (Å²) in [6.07, 6.45) is 4.10. The maximum Gasteiger partial charge on any atom is 0.248 e. The number of carbonyl (C=O) groups excluding carboxylic acids is 2. The molecule has 0 aliphatic carbocycles. The third-order valence-electron chi connectivity index (χ3n) is 3.11. The molecule has 0 bridgehead atoms. The zero-order chi connectivity index (χ0) is 12.7. The van der Waals surface area contributed by atoms with Crippen molar-refractivity contribution in [1.82, 2.24) is 10.2 Å². The lowest BCUT2D eigenvalue weighted by Gasteiger charge is -2.32. The third-order valence-corrected chi connectivity index (χ3v) is 3.11. The van der Waals surface area contributed by atoms with E-state index in [4.69, 9.17) is 5.11 Å². The van der Waals surface area contributed by atoms with Crippen LogP contribution in [0.3, 0.4) is 0 Å². The van der Waals surface area contributed by atoms with Gasteiger partial charge in [0.25, 0.3) is 0 Å². The standard InChI is InChI=1S/C12H22N2O3/c1-2-3-4-11(16)13-10-5-7-14(8-6-10)12(17)9-15/h10,15H,2-9H2,1H3,(H,13,16). The summed E-state index contributed by atoms with van der Waals surface area (Å²) >= 11 is 0. The van der Waals surface area contributed by atoms with E-state index in [9.17, 15) is 9.59 Å². The highest BCUT2D eigenvalue weighted by Gasteiger charge is 2.22. The van der Waals surface area contributed by atoms with Gasteiger partial charge in [0.05, 0.1) is 0 Å². The van der Waals surface area contributed by atoms with Gasteiger partial charge in [0.2, 0.25) is 11.8 Å². The van der Waals surface area contributed by atoms with Crippen molar-refractivity contribution in [2.45, 2.75) is 45.1 Å². The topological polar surface area (TPSA) is 69.6 Å². The summed E-state index contributed by atoms with van der Waals surface area (Å²) < 4.78 is 0. The number of unbranched alkanes of at least 4 members (excludes halogenated alkanes) is 1. The van der Waals surface area contributed by atoms with Gasteiger partial charge >= 0.3 is 0 Å². The Morgan fingerprint density at radius 3 is 2.53 bits per heavy atom. The van der Waals surface area contributed by atoms with Gasteiger partial charge in [0, 0.05) is 25.6 Å². The summed E-state index contributed by atoms with van der Waals surface area (Å²) in [6.45, 7) is 2.88. The first-order valence-electron chi connectivity index (χ1n) is 6.35. The van der Waals surface area contributed by atoms with Gasteiger partial charge in [-0.2, -0.15) is 0 Å². The van der Waals surface area contributed by atoms with Gasteiger partial charge in [-0.15, -0.1) is 0 Å². The molecule has 1 saturated heterocycles. The Morgan fingerprint density at radius 2 is 2.00 bits per heavy atom. The average Bonchev–Trinajstić information content (AvgIpc) is 2.36. The van der Waals surface area contributed by atoms with Crippen molar-refractivity contribution in [1.29, 1.82) is 0 Å². The largest absolute Gasteiger partial charge is 0.387 e. The van der Waals surface area contributed by atoms with Crippen molar-refractivity contribution in [3.63, 3.8) is 0 Å². The summed E-state index contributed by atoms with van der Waals surface area (Å²) in [5, 5.41) is 11.7. The minimum atomic E-state index is -0.423. The molecule has 5 nitrogen and oxygen atoms in total. The van der Waals surface area contributed by atoms with Gasteiger partial charge in [-0.05, 0) is 19.3 Å². The molecule has 98 valence electrons. The molecule has 0 unspecified atom stereocenters. The van der Waals surface area contributed by atoms with E-state index in [0.29, 0.717) is 19.5 Å². The van der Waals surface area contributed by atoms with Gasteiger partial charge in [-0.25, -0.2) is 0 Å². The van der Waals surface area contributed by atoms with Crippen LogP contribution < -0.4 is 5.32 Å². The highest BCUT2D eigenvalue weighted by Crippen LogP contribution is 2.10. The zero-order valence-electron chi connectivity index (χ0n) is 10.4. The molecule has 1 aliphatic rings. The van der Waals surface area contributed by atoms with E-state index in [2.05, 4.69) is 12.2 Å². The predicted molar refractivity (Wildman–Crippen MR) is 64.4 cm³/mol. The normalized spacial score (nSPS) is 16.9. The molecule has 1 heterocycles. The number of carbonyl (C=O) groups is 2. The van der Waals surface area contributed by atoms with Gasteiger partial charge < -0.3 is 15.3 Å². The minimum absolute atomic E-state index is 0.110. The molecule has 0 aromatic carbocycles. The molecule has 1 fully saturated rings. The van der Waals surface area contributed by atoms with E-state index in [-0.39, 0.29) is 17.9 Å². The average molecular weight is 242 g/mol. The van der Waals surface area contributed by atoms with E-state index in [1.165, 1.54) is 0 Å². The number of amides is 2. The van der Waals surface area contributed by atoms with Crippen molar-refractivity contribution in [3.8, 4) is 0 Å². The van der Waals surface area contributed by atoms with Crippen LogP contribution in [-0.4, -0.2) is 47.6 Å². The third kappa shape index (κ3) is 4.73. The second-order valence-corrected chi connectivity index (χ2v) is 4.48. The second kappa shape index (κ2) is 7.27. The monoisotopic (exact) mass is 242 g/mol. The number of nitrogens with one attached hydrogen (secondary N) is 1. The molecule has 2 amide bonds. The molecular formula is C12H22N2O3. The number of likely N-dealkylation sites (tertiary alicyclic amines) is 1. The molecule has 1 aliphatic heterocycles.